The molecule has 19 heavy (non-hydrogen) atoms. The van der Waals surface area contributed by atoms with Gasteiger partial charge < -0.3 is 14.8 Å². The van der Waals surface area contributed by atoms with Crippen molar-refractivity contribution in [3.63, 3.8) is 0 Å². The Morgan fingerprint density at radius 2 is 1.84 bits per heavy atom. The van der Waals surface area contributed by atoms with Crippen LogP contribution in [0.2, 0.25) is 5.02 Å². The van der Waals surface area contributed by atoms with Crippen molar-refractivity contribution in [2.45, 2.75) is 26.2 Å². The first-order valence-corrected chi connectivity index (χ1v) is 7.06. The van der Waals surface area contributed by atoms with Crippen molar-refractivity contribution in [1.82, 2.24) is 0 Å². The highest BCUT2D eigenvalue weighted by atomic mass is 35.5. The lowest BCUT2D eigenvalue weighted by atomic mass is 9.86. The van der Waals surface area contributed by atoms with Gasteiger partial charge in [0.15, 0.2) is 0 Å². The number of hydrogen-bond donors (Lipinski definition) is 1. The third-order valence-electron chi connectivity index (χ3n) is 2.86. The van der Waals surface area contributed by atoms with Gasteiger partial charge in [-0.2, -0.15) is 0 Å². The average Bonchev–Trinajstić information content (AvgIpc) is 2.34. The third-order valence-corrected chi connectivity index (χ3v) is 3.09. The molecule has 0 aliphatic carbocycles. The molecule has 0 bridgehead atoms. The zero-order chi connectivity index (χ0) is 14.3. The number of rotatable bonds is 7. The molecule has 3 nitrogen and oxygen atoms in total. The smallest absolute Gasteiger partial charge is 0.137 e. The number of benzene rings is 1. The summed E-state index contributed by atoms with van der Waals surface area (Å²) in [6.07, 6.45) is 0. The first kappa shape index (κ1) is 16.3. The zero-order valence-corrected chi connectivity index (χ0v) is 13.1. The van der Waals surface area contributed by atoms with Crippen LogP contribution in [0.1, 0.15) is 26.3 Å². The molecule has 0 heterocycles. The maximum atomic E-state index is 6.07. The summed E-state index contributed by atoms with van der Waals surface area (Å²) in [5.74, 6) is 0.928. The monoisotopic (exact) mass is 286 g/mol. The second-order valence-electron chi connectivity index (χ2n) is 5.60. The SMILES string of the molecule is COCC[NH2+]CCOc1ccc(Cl)cc1C(C)(C)C. The molecule has 1 aromatic carbocycles. The van der Waals surface area contributed by atoms with E-state index in [0.717, 1.165) is 36.0 Å². The summed E-state index contributed by atoms with van der Waals surface area (Å²) >= 11 is 6.07. The number of nitrogens with two attached hydrogens (primary N) is 1. The standard InChI is InChI=1S/C15H24ClNO2/c1-15(2,3)13-11-12(16)5-6-14(13)19-10-8-17-7-9-18-4/h5-6,11,17H,7-10H2,1-4H3/p+1. The van der Waals surface area contributed by atoms with E-state index >= 15 is 0 Å². The first-order valence-electron chi connectivity index (χ1n) is 6.68. The highest BCUT2D eigenvalue weighted by Gasteiger charge is 2.19. The fourth-order valence-electron chi connectivity index (χ4n) is 1.81. The first-order chi connectivity index (χ1) is 8.95. The van der Waals surface area contributed by atoms with Crippen molar-refractivity contribution >= 4 is 11.6 Å². The molecule has 1 aromatic rings. The molecule has 0 amide bonds. The number of methoxy groups -OCH3 is 1. The Balaban J connectivity index is 2.54. The molecular formula is C15H25ClNO2+. The van der Waals surface area contributed by atoms with E-state index in [1.54, 1.807) is 7.11 Å². The van der Waals surface area contributed by atoms with Crippen molar-refractivity contribution in [1.29, 1.82) is 0 Å². The summed E-state index contributed by atoms with van der Waals surface area (Å²) in [5.41, 5.74) is 1.18. The summed E-state index contributed by atoms with van der Waals surface area (Å²) in [4.78, 5) is 0. The van der Waals surface area contributed by atoms with Crippen molar-refractivity contribution in [3.05, 3.63) is 28.8 Å². The molecule has 108 valence electrons. The average molecular weight is 287 g/mol. The van der Waals surface area contributed by atoms with Crippen LogP contribution in [0, 0.1) is 0 Å². The maximum absolute atomic E-state index is 6.07. The molecule has 0 atom stereocenters. The van der Waals surface area contributed by atoms with E-state index in [2.05, 4.69) is 26.1 Å². The molecule has 0 fully saturated rings. The van der Waals surface area contributed by atoms with Crippen molar-refractivity contribution in [2.24, 2.45) is 0 Å². The second kappa shape index (κ2) is 7.73. The Morgan fingerprint density at radius 3 is 2.47 bits per heavy atom. The minimum absolute atomic E-state index is 0.0278. The van der Waals surface area contributed by atoms with Crippen LogP contribution in [0.15, 0.2) is 18.2 Å². The molecule has 0 unspecified atom stereocenters. The van der Waals surface area contributed by atoms with Gasteiger partial charge in [0, 0.05) is 17.7 Å². The van der Waals surface area contributed by atoms with E-state index < -0.39 is 0 Å². The minimum atomic E-state index is 0.0278. The van der Waals surface area contributed by atoms with Gasteiger partial charge in [-0.15, -0.1) is 0 Å². The van der Waals surface area contributed by atoms with Gasteiger partial charge in [-0.1, -0.05) is 32.4 Å². The van der Waals surface area contributed by atoms with Crippen molar-refractivity contribution < 1.29 is 14.8 Å². The summed E-state index contributed by atoms with van der Waals surface area (Å²) in [7, 11) is 1.72. The molecule has 2 N–H and O–H groups in total. The van der Waals surface area contributed by atoms with Gasteiger partial charge in [-0.3, -0.25) is 0 Å². The third kappa shape index (κ3) is 5.81. The number of ether oxygens (including phenoxy) is 2. The number of hydrogen-bond acceptors (Lipinski definition) is 2. The van der Waals surface area contributed by atoms with Crippen LogP contribution in [0.5, 0.6) is 5.75 Å². The van der Waals surface area contributed by atoms with Gasteiger partial charge in [0.1, 0.15) is 18.9 Å². The summed E-state index contributed by atoms with van der Waals surface area (Å²) in [6.45, 7) is 9.84. The van der Waals surface area contributed by atoms with Gasteiger partial charge in [-0.05, 0) is 23.6 Å². The van der Waals surface area contributed by atoms with Crippen LogP contribution >= 0.6 is 11.6 Å². The van der Waals surface area contributed by atoms with Crippen molar-refractivity contribution in [2.75, 3.05) is 33.4 Å². The van der Waals surface area contributed by atoms with Crippen LogP contribution in [-0.2, 0) is 10.2 Å². The minimum Gasteiger partial charge on any atom is -0.487 e. The molecule has 0 aliphatic heterocycles. The van der Waals surface area contributed by atoms with E-state index in [9.17, 15) is 0 Å². The summed E-state index contributed by atoms with van der Waals surface area (Å²) in [6, 6.07) is 5.82. The molecule has 0 spiro atoms. The van der Waals surface area contributed by atoms with Crippen LogP contribution in [-0.4, -0.2) is 33.4 Å². The Kier molecular flexibility index (Phi) is 6.63. The van der Waals surface area contributed by atoms with E-state index in [1.807, 2.05) is 18.2 Å². The summed E-state index contributed by atoms with van der Waals surface area (Å²) < 4.78 is 10.9. The van der Waals surface area contributed by atoms with Gasteiger partial charge in [0.2, 0.25) is 0 Å². The van der Waals surface area contributed by atoms with E-state index in [4.69, 9.17) is 21.1 Å². The van der Waals surface area contributed by atoms with Gasteiger partial charge in [-0.25, -0.2) is 0 Å². The molecule has 0 saturated carbocycles. The normalized spacial score (nSPS) is 11.6. The van der Waals surface area contributed by atoms with Crippen molar-refractivity contribution in [3.8, 4) is 5.75 Å². The topological polar surface area (TPSA) is 35.1 Å². The van der Waals surface area contributed by atoms with E-state index in [1.165, 1.54) is 0 Å². The lowest BCUT2D eigenvalue weighted by Crippen LogP contribution is -2.86. The quantitative estimate of drug-likeness (QED) is 0.780. The second-order valence-corrected chi connectivity index (χ2v) is 6.03. The lowest BCUT2D eigenvalue weighted by Gasteiger charge is -2.23. The molecule has 0 aromatic heterocycles. The largest absolute Gasteiger partial charge is 0.487 e. The van der Waals surface area contributed by atoms with Crippen LogP contribution < -0.4 is 10.1 Å². The summed E-state index contributed by atoms with van der Waals surface area (Å²) in [5, 5.41) is 2.94. The Labute approximate surface area is 121 Å². The van der Waals surface area contributed by atoms with Gasteiger partial charge in [0.25, 0.3) is 0 Å². The van der Waals surface area contributed by atoms with Crippen LogP contribution in [0.25, 0.3) is 0 Å². The Bertz CT molecular complexity index is 388. The molecule has 0 radical (unpaired) electrons. The zero-order valence-electron chi connectivity index (χ0n) is 12.3. The van der Waals surface area contributed by atoms with E-state index in [0.29, 0.717) is 6.61 Å². The fourth-order valence-corrected chi connectivity index (χ4v) is 1.98. The maximum Gasteiger partial charge on any atom is 0.137 e. The fraction of sp³-hybridized carbons (Fsp3) is 0.600. The molecular weight excluding hydrogens is 262 g/mol. The predicted octanol–water partition coefficient (Wildman–Crippen LogP) is 2.23. The Hall–Kier alpha value is -0.770. The van der Waals surface area contributed by atoms with Gasteiger partial charge in [0.05, 0.1) is 13.2 Å². The Morgan fingerprint density at radius 1 is 1.16 bits per heavy atom. The van der Waals surface area contributed by atoms with Crippen LogP contribution in [0.3, 0.4) is 0 Å². The molecule has 1 rings (SSSR count). The van der Waals surface area contributed by atoms with Crippen LogP contribution in [0.4, 0.5) is 0 Å². The lowest BCUT2D eigenvalue weighted by molar-refractivity contribution is -0.656. The highest BCUT2D eigenvalue weighted by Crippen LogP contribution is 2.33. The molecule has 0 saturated heterocycles. The highest BCUT2D eigenvalue weighted by molar-refractivity contribution is 6.30. The predicted molar refractivity (Wildman–Crippen MR) is 79.2 cm³/mol. The number of quaternary nitrogens is 1. The van der Waals surface area contributed by atoms with Gasteiger partial charge >= 0.3 is 0 Å². The number of halogens is 1. The molecule has 4 heteroatoms. The molecule has 0 aliphatic rings. The van der Waals surface area contributed by atoms with E-state index in [-0.39, 0.29) is 5.41 Å².